The zero-order valence-corrected chi connectivity index (χ0v) is 13.0. The van der Waals surface area contributed by atoms with Gasteiger partial charge in [0.2, 0.25) is 5.91 Å². The summed E-state index contributed by atoms with van der Waals surface area (Å²) in [7, 11) is 0. The molecule has 3 atom stereocenters. The molecule has 1 amide bonds. The lowest BCUT2D eigenvalue weighted by molar-refractivity contribution is -0.156. The molecule has 0 aromatic rings. The summed E-state index contributed by atoms with van der Waals surface area (Å²) in [6.45, 7) is 4.73. The molecule has 2 aliphatic rings. The van der Waals surface area contributed by atoms with Gasteiger partial charge in [0, 0.05) is 17.9 Å². The number of thioether (sulfide) groups is 1. The van der Waals surface area contributed by atoms with Gasteiger partial charge in [0.1, 0.15) is 12.0 Å². The van der Waals surface area contributed by atoms with Crippen molar-refractivity contribution in [3.63, 3.8) is 0 Å². The Morgan fingerprint density at radius 2 is 2.36 bits per heavy atom. The number of hydrogen-bond acceptors (Lipinski definition) is 7. The number of allylic oxidation sites excluding steroid dienone is 1. The van der Waals surface area contributed by atoms with Gasteiger partial charge in [0.25, 0.3) is 0 Å². The van der Waals surface area contributed by atoms with Crippen molar-refractivity contribution in [3.8, 4) is 6.07 Å². The van der Waals surface area contributed by atoms with Crippen LogP contribution in [0.2, 0.25) is 0 Å². The van der Waals surface area contributed by atoms with Crippen molar-refractivity contribution in [2.75, 3.05) is 12.4 Å². The summed E-state index contributed by atoms with van der Waals surface area (Å²) in [6, 6.07) is 1.03. The van der Waals surface area contributed by atoms with E-state index in [1.54, 1.807) is 11.0 Å². The predicted molar refractivity (Wildman–Crippen MR) is 79.1 cm³/mol. The summed E-state index contributed by atoms with van der Waals surface area (Å²) < 4.78 is 4.98. The molecule has 2 fully saturated rings. The monoisotopic (exact) mass is 323 g/mol. The molecule has 2 rings (SSSR count). The Morgan fingerprint density at radius 3 is 2.95 bits per heavy atom. The predicted octanol–water partition coefficient (Wildman–Crippen LogP) is 0.165. The van der Waals surface area contributed by atoms with Crippen molar-refractivity contribution in [2.24, 2.45) is 11.7 Å². The average molecular weight is 323 g/mol. The number of rotatable bonds is 5. The van der Waals surface area contributed by atoms with Gasteiger partial charge in [-0.2, -0.15) is 5.26 Å². The fraction of sp³-hybridized carbons (Fsp3) is 0.571. The highest BCUT2D eigenvalue weighted by Gasteiger charge is 2.53. The van der Waals surface area contributed by atoms with E-state index in [9.17, 15) is 14.4 Å². The molecule has 0 bridgehead atoms. The quantitative estimate of drug-likeness (QED) is 0.717. The maximum atomic E-state index is 12.1. The van der Waals surface area contributed by atoms with E-state index in [0.717, 1.165) is 0 Å². The number of fused-ring (bicyclic) bond motifs is 1. The van der Waals surface area contributed by atoms with E-state index in [-0.39, 0.29) is 16.5 Å². The van der Waals surface area contributed by atoms with E-state index in [0.29, 0.717) is 18.6 Å². The first-order chi connectivity index (χ1) is 10.3. The second-order valence-electron chi connectivity index (χ2n) is 5.48. The Balaban J connectivity index is 1.96. The highest BCUT2D eigenvalue weighted by molar-refractivity contribution is 8.01. The van der Waals surface area contributed by atoms with E-state index in [1.807, 2.05) is 6.92 Å². The largest absolute Gasteiger partial charge is 0.456 e. The number of amides is 1. The lowest BCUT2D eigenvalue weighted by atomic mass is 10.0. The van der Waals surface area contributed by atoms with Crippen molar-refractivity contribution < 1.29 is 19.1 Å². The van der Waals surface area contributed by atoms with Crippen molar-refractivity contribution >= 4 is 29.4 Å². The van der Waals surface area contributed by atoms with Gasteiger partial charge in [-0.3, -0.25) is 9.59 Å². The maximum absolute atomic E-state index is 12.1. The lowest BCUT2D eigenvalue weighted by Crippen LogP contribution is -2.47. The molecule has 0 aliphatic carbocycles. The average Bonchev–Trinajstić information content (AvgIpc) is 2.94. The Morgan fingerprint density at radius 1 is 1.68 bits per heavy atom. The van der Waals surface area contributed by atoms with E-state index in [4.69, 9.17) is 15.7 Å². The molecular formula is C14H17N3O4S. The van der Waals surface area contributed by atoms with Crippen LogP contribution in [-0.4, -0.2) is 45.8 Å². The third-order valence-electron chi connectivity index (χ3n) is 3.90. The Labute approximate surface area is 132 Å². The van der Waals surface area contributed by atoms with Crippen LogP contribution in [0.25, 0.3) is 0 Å². The van der Waals surface area contributed by atoms with Crippen LogP contribution < -0.4 is 5.73 Å². The zero-order valence-electron chi connectivity index (χ0n) is 12.2. The Kier molecular flexibility index (Phi) is 4.47. The molecule has 2 aliphatic heterocycles. The molecule has 2 N–H and O–H groups in total. The smallest absolute Gasteiger partial charge is 0.330 e. The molecule has 8 heteroatoms. The fourth-order valence-corrected chi connectivity index (χ4v) is 4.10. The third kappa shape index (κ3) is 2.81. The number of ketones is 1. The molecule has 0 radical (unpaired) electrons. The number of nitrogens with two attached hydrogens (primary N) is 1. The summed E-state index contributed by atoms with van der Waals surface area (Å²) in [6.07, 6.45) is 1.11. The first-order valence-corrected chi connectivity index (χ1v) is 7.78. The first-order valence-electron chi connectivity index (χ1n) is 6.79. The van der Waals surface area contributed by atoms with Gasteiger partial charge in [-0.1, -0.05) is 6.58 Å². The van der Waals surface area contributed by atoms with Crippen molar-refractivity contribution in [2.45, 2.75) is 30.7 Å². The molecule has 0 aromatic heterocycles. The number of Topliss-reactive ketones (excluding diaryl/α,β-unsaturated/α-hetero) is 1. The minimum absolute atomic E-state index is 0.0778. The number of nitrogens with zero attached hydrogens (tertiary/aromatic N) is 2. The molecule has 0 aromatic carbocycles. The Bertz CT molecular complexity index is 585. The molecule has 2 saturated heterocycles. The molecule has 7 nitrogen and oxygen atoms in total. The summed E-state index contributed by atoms with van der Waals surface area (Å²) in [5.74, 6) is -2.07. The Hall–Kier alpha value is -2.01. The summed E-state index contributed by atoms with van der Waals surface area (Å²) in [5.41, 5.74) is 5.27. The van der Waals surface area contributed by atoms with E-state index >= 15 is 0 Å². The molecule has 2 heterocycles. The zero-order chi connectivity index (χ0) is 16.5. The van der Waals surface area contributed by atoms with E-state index < -0.39 is 30.3 Å². The second kappa shape index (κ2) is 6.01. The van der Waals surface area contributed by atoms with Crippen LogP contribution in [0.5, 0.6) is 0 Å². The lowest BCUT2D eigenvalue weighted by Gasteiger charge is -2.29. The molecule has 22 heavy (non-hydrogen) atoms. The topological polar surface area (TPSA) is 113 Å². The maximum Gasteiger partial charge on any atom is 0.330 e. The van der Waals surface area contributed by atoms with Gasteiger partial charge in [0.05, 0.1) is 10.9 Å². The normalized spacial score (nSPS) is 27.9. The first kappa shape index (κ1) is 16.4. The van der Waals surface area contributed by atoms with E-state index in [1.165, 1.54) is 11.8 Å². The molecule has 118 valence electrons. The van der Waals surface area contributed by atoms with Gasteiger partial charge < -0.3 is 15.4 Å². The number of esters is 1. The number of hydrogen-bond donors (Lipinski definition) is 1. The van der Waals surface area contributed by atoms with Crippen molar-refractivity contribution in [1.82, 2.24) is 4.90 Å². The number of ether oxygens (including phenoxy) is 1. The SMILES string of the molecule is C=C(N)[C@H](C#N)C(=O)COC(=O)[C@@H]1CS[C@@]2(C)CCC(=O)N12. The molecule has 0 unspecified atom stereocenters. The van der Waals surface area contributed by atoms with Crippen LogP contribution >= 0.6 is 11.8 Å². The summed E-state index contributed by atoms with van der Waals surface area (Å²) >= 11 is 1.54. The fourth-order valence-electron chi connectivity index (χ4n) is 2.68. The van der Waals surface area contributed by atoms with Gasteiger partial charge in [-0.15, -0.1) is 11.8 Å². The highest BCUT2D eigenvalue weighted by atomic mass is 32.2. The van der Waals surface area contributed by atoms with Crippen LogP contribution in [0.1, 0.15) is 19.8 Å². The van der Waals surface area contributed by atoms with Crippen LogP contribution in [0, 0.1) is 17.2 Å². The minimum atomic E-state index is -1.19. The van der Waals surface area contributed by atoms with Crippen LogP contribution in [-0.2, 0) is 19.1 Å². The van der Waals surface area contributed by atoms with Gasteiger partial charge >= 0.3 is 5.97 Å². The van der Waals surface area contributed by atoms with Gasteiger partial charge in [-0.25, -0.2) is 4.79 Å². The van der Waals surface area contributed by atoms with Crippen molar-refractivity contribution in [3.05, 3.63) is 12.3 Å². The summed E-state index contributed by atoms with van der Waals surface area (Å²) in [5, 5.41) is 8.83. The summed E-state index contributed by atoms with van der Waals surface area (Å²) in [4.78, 5) is 37.0. The minimum Gasteiger partial charge on any atom is -0.456 e. The molecule has 0 spiro atoms. The van der Waals surface area contributed by atoms with Gasteiger partial charge in [-0.05, 0) is 13.3 Å². The standard InChI is InChI=1S/C14H17N3O4S/c1-8(16)9(5-15)11(18)6-21-13(20)10-7-22-14(2)4-3-12(19)17(10)14/h9-10H,1,3-4,6-7,16H2,2H3/t9-,10-,14-/m0/s1. The highest BCUT2D eigenvalue weighted by Crippen LogP contribution is 2.47. The van der Waals surface area contributed by atoms with Crippen LogP contribution in [0.3, 0.4) is 0 Å². The number of carbonyl (C=O) groups is 3. The van der Waals surface area contributed by atoms with Crippen LogP contribution in [0.15, 0.2) is 12.3 Å². The number of nitriles is 1. The molecule has 0 saturated carbocycles. The number of carbonyl (C=O) groups excluding carboxylic acids is 3. The molecular weight excluding hydrogens is 306 g/mol. The second-order valence-corrected chi connectivity index (χ2v) is 6.98. The van der Waals surface area contributed by atoms with Crippen LogP contribution in [0.4, 0.5) is 0 Å². The van der Waals surface area contributed by atoms with Gasteiger partial charge in [0.15, 0.2) is 12.4 Å². The third-order valence-corrected chi connectivity index (χ3v) is 5.40. The van der Waals surface area contributed by atoms with E-state index in [2.05, 4.69) is 6.58 Å². The van der Waals surface area contributed by atoms with Crippen molar-refractivity contribution in [1.29, 1.82) is 5.26 Å².